The van der Waals surface area contributed by atoms with Crippen molar-refractivity contribution in [2.24, 2.45) is 0 Å². The minimum Gasteiger partial charge on any atom is -0.384 e. The largest absolute Gasteiger partial charge is 0.384 e. The molecule has 26 heavy (non-hydrogen) atoms. The van der Waals surface area contributed by atoms with Gasteiger partial charge in [0.2, 0.25) is 9.84 Å². The summed E-state index contributed by atoms with van der Waals surface area (Å²) in [5.74, 6) is 0.336. The van der Waals surface area contributed by atoms with E-state index in [4.69, 9.17) is 5.73 Å². The summed E-state index contributed by atoms with van der Waals surface area (Å²) in [6.07, 6.45) is 1.78. The first kappa shape index (κ1) is 17.1. The number of nitrogen functional groups attached to an aromatic ring is 1. The van der Waals surface area contributed by atoms with Gasteiger partial charge in [0, 0.05) is 6.07 Å². The Morgan fingerprint density at radius 1 is 1.15 bits per heavy atom. The van der Waals surface area contributed by atoms with Gasteiger partial charge >= 0.3 is 0 Å². The predicted molar refractivity (Wildman–Crippen MR) is 104 cm³/mol. The molecule has 0 aliphatic carbocycles. The highest BCUT2D eigenvalue weighted by atomic mass is 32.2. The fourth-order valence-corrected chi connectivity index (χ4v) is 5.74. The molecule has 6 nitrogen and oxygen atoms in total. The number of thiophene rings is 1. The van der Waals surface area contributed by atoms with Crippen molar-refractivity contribution < 1.29 is 8.42 Å². The average molecular weight is 403 g/mol. The van der Waals surface area contributed by atoms with Crippen LogP contribution in [-0.2, 0) is 9.84 Å². The molecule has 0 unspecified atom stereocenters. The third-order valence-electron chi connectivity index (χ3n) is 3.83. The summed E-state index contributed by atoms with van der Waals surface area (Å²) in [7, 11) is -3.79. The Hall–Kier alpha value is -2.36. The van der Waals surface area contributed by atoms with Gasteiger partial charge in [0.15, 0.2) is 10.5 Å². The van der Waals surface area contributed by atoms with E-state index in [0.717, 1.165) is 4.88 Å². The summed E-state index contributed by atoms with van der Waals surface area (Å²) >= 11 is 2.76. The molecule has 0 saturated carbocycles. The number of aromatic nitrogens is 3. The van der Waals surface area contributed by atoms with Crippen LogP contribution in [0.4, 0.5) is 5.82 Å². The first-order valence-electron chi connectivity index (χ1n) is 7.59. The standard InChI is InChI=1S/C17H14N4O2S3/c1-24-17-15(26(22,23)11-6-3-2-4-7-11)16-19-12(13-8-5-9-25-13)10-14(18)21(16)20-17/h2-10H,18H2,1H3. The Morgan fingerprint density at radius 3 is 2.58 bits per heavy atom. The average Bonchev–Trinajstić information content (AvgIpc) is 3.30. The maximum atomic E-state index is 13.3. The molecule has 4 aromatic rings. The molecular weight excluding hydrogens is 388 g/mol. The molecule has 3 heterocycles. The zero-order valence-electron chi connectivity index (χ0n) is 13.7. The highest BCUT2D eigenvalue weighted by Gasteiger charge is 2.29. The highest BCUT2D eigenvalue weighted by molar-refractivity contribution is 7.99. The number of benzene rings is 1. The van der Waals surface area contributed by atoms with Crippen molar-refractivity contribution in [2.45, 2.75) is 14.8 Å². The molecule has 0 atom stereocenters. The summed E-state index contributed by atoms with van der Waals surface area (Å²) in [5, 5.41) is 6.67. The van der Waals surface area contributed by atoms with Gasteiger partial charge in [-0.3, -0.25) is 0 Å². The van der Waals surface area contributed by atoms with Gasteiger partial charge in [0.25, 0.3) is 0 Å². The third kappa shape index (κ3) is 2.68. The number of sulfone groups is 1. The lowest BCUT2D eigenvalue weighted by molar-refractivity contribution is 0.594. The van der Waals surface area contributed by atoms with Crippen LogP contribution in [0.2, 0.25) is 0 Å². The minimum atomic E-state index is -3.79. The molecule has 0 amide bonds. The van der Waals surface area contributed by atoms with Crippen molar-refractivity contribution in [3.8, 4) is 10.6 Å². The predicted octanol–water partition coefficient (Wildman–Crippen LogP) is 3.59. The normalized spacial score (nSPS) is 11.9. The number of thioether (sulfide) groups is 1. The second-order valence-corrected chi connectivity index (χ2v) is 9.06. The Kier molecular flexibility index (Phi) is 4.22. The summed E-state index contributed by atoms with van der Waals surface area (Å²) in [5.41, 5.74) is 7.01. The smallest absolute Gasteiger partial charge is 0.213 e. The lowest BCUT2D eigenvalue weighted by atomic mass is 10.3. The van der Waals surface area contributed by atoms with E-state index in [1.165, 1.54) is 27.6 Å². The van der Waals surface area contributed by atoms with Crippen LogP contribution in [0, 0.1) is 0 Å². The number of rotatable bonds is 4. The lowest BCUT2D eigenvalue weighted by Crippen LogP contribution is -2.05. The zero-order chi connectivity index (χ0) is 18.3. The Morgan fingerprint density at radius 2 is 1.92 bits per heavy atom. The Labute approximate surface area is 158 Å². The van der Waals surface area contributed by atoms with Crippen molar-refractivity contribution in [1.82, 2.24) is 14.6 Å². The Balaban J connectivity index is 2.05. The maximum absolute atomic E-state index is 13.3. The molecule has 1 aromatic carbocycles. The van der Waals surface area contributed by atoms with Crippen molar-refractivity contribution in [1.29, 1.82) is 0 Å². The number of fused-ring (bicyclic) bond motifs is 1. The monoisotopic (exact) mass is 402 g/mol. The van der Waals surface area contributed by atoms with Crippen LogP contribution < -0.4 is 5.73 Å². The number of nitrogens with zero attached hydrogens (tertiary/aromatic N) is 3. The van der Waals surface area contributed by atoms with Crippen LogP contribution in [0.3, 0.4) is 0 Å². The van der Waals surface area contributed by atoms with Crippen LogP contribution >= 0.6 is 23.1 Å². The number of nitrogens with two attached hydrogens (primary N) is 1. The molecule has 0 aliphatic rings. The molecule has 0 spiro atoms. The van der Waals surface area contributed by atoms with E-state index >= 15 is 0 Å². The topological polar surface area (TPSA) is 90.3 Å². The number of hydrogen-bond acceptors (Lipinski definition) is 7. The molecule has 4 rings (SSSR count). The zero-order valence-corrected chi connectivity index (χ0v) is 16.1. The van der Waals surface area contributed by atoms with Gasteiger partial charge < -0.3 is 5.73 Å². The van der Waals surface area contributed by atoms with E-state index < -0.39 is 9.84 Å². The molecule has 0 bridgehead atoms. The van der Waals surface area contributed by atoms with Crippen molar-refractivity contribution >= 4 is 44.4 Å². The van der Waals surface area contributed by atoms with Gasteiger partial charge in [-0.1, -0.05) is 24.3 Å². The van der Waals surface area contributed by atoms with Crippen LogP contribution in [0.15, 0.2) is 68.7 Å². The third-order valence-corrected chi connectivity index (χ3v) is 7.33. The molecule has 0 saturated heterocycles. The second kappa shape index (κ2) is 6.42. The van der Waals surface area contributed by atoms with Gasteiger partial charge in [-0.25, -0.2) is 13.4 Å². The fraction of sp³-hybridized carbons (Fsp3) is 0.0588. The number of anilines is 1. The lowest BCUT2D eigenvalue weighted by Gasteiger charge is -2.06. The van der Waals surface area contributed by atoms with E-state index in [0.29, 0.717) is 16.5 Å². The van der Waals surface area contributed by atoms with Gasteiger partial charge in [-0.15, -0.1) is 23.1 Å². The van der Waals surface area contributed by atoms with E-state index in [1.54, 1.807) is 42.7 Å². The molecule has 0 fully saturated rings. The quantitative estimate of drug-likeness (QED) is 0.525. The van der Waals surface area contributed by atoms with Crippen LogP contribution in [0.25, 0.3) is 16.2 Å². The number of hydrogen-bond donors (Lipinski definition) is 1. The van der Waals surface area contributed by atoms with Crippen LogP contribution in [0.5, 0.6) is 0 Å². The highest BCUT2D eigenvalue weighted by Crippen LogP contribution is 2.34. The van der Waals surface area contributed by atoms with Crippen LogP contribution in [0.1, 0.15) is 0 Å². The van der Waals surface area contributed by atoms with Crippen molar-refractivity contribution in [3.63, 3.8) is 0 Å². The maximum Gasteiger partial charge on any atom is 0.213 e. The molecule has 2 N–H and O–H groups in total. The first-order valence-corrected chi connectivity index (χ1v) is 11.2. The van der Waals surface area contributed by atoms with Gasteiger partial charge in [0.05, 0.1) is 15.5 Å². The molecule has 0 aliphatic heterocycles. The van der Waals surface area contributed by atoms with Crippen molar-refractivity contribution in [2.75, 3.05) is 12.0 Å². The van der Waals surface area contributed by atoms with E-state index in [1.807, 2.05) is 17.5 Å². The SMILES string of the molecule is CSc1nn2c(N)cc(-c3cccs3)nc2c1S(=O)(=O)c1ccccc1. The van der Waals surface area contributed by atoms with E-state index in [2.05, 4.69) is 10.1 Å². The summed E-state index contributed by atoms with van der Waals surface area (Å²) in [4.78, 5) is 5.77. The van der Waals surface area contributed by atoms with Gasteiger partial charge in [-0.05, 0) is 29.8 Å². The summed E-state index contributed by atoms with van der Waals surface area (Å²) in [6, 6.07) is 13.8. The molecule has 9 heteroatoms. The molecule has 132 valence electrons. The van der Waals surface area contributed by atoms with Crippen LogP contribution in [-0.4, -0.2) is 29.3 Å². The van der Waals surface area contributed by atoms with Gasteiger partial charge in [0.1, 0.15) is 10.8 Å². The van der Waals surface area contributed by atoms with E-state index in [9.17, 15) is 8.42 Å². The van der Waals surface area contributed by atoms with Crippen molar-refractivity contribution in [3.05, 3.63) is 53.9 Å². The molecular formula is C17H14N4O2S3. The first-order chi connectivity index (χ1) is 12.5. The minimum absolute atomic E-state index is 0.0845. The van der Waals surface area contributed by atoms with E-state index in [-0.39, 0.29) is 15.4 Å². The fourth-order valence-electron chi connectivity index (χ4n) is 2.64. The Bertz CT molecular complexity index is 1180. The summed E-state index contributed by atoms with van der Waals surface area (Å²) in [6.45, 7) is 0. The molecule has 3 aromatic heterocycles. The summed E-state index contributed by atoms with van der Waals surface area (Å²) < 4.78 is 27.9. The second-order valence-electron chi connectivity index (χ2n) is 5.43. The molecule has 0 radical (unpaired) electrons. The van der Waals surface area contributed by atoms with Gasteiger partial charge in [-0.2, -0.15) is 9.61 Å².